The summed E-state index contributed by atoms with van der Waals surface area (Å²) in [5.74, 6) is 2.61. The number of nitrogens with one attached hydrogen (secondary N) is 1. The molecule has 0 radical (unpaired) electrons. The van der Waals surface area contributed by atoms with E-state index < -0.39 is 10.0 Å². The highest BCUT2D eigenvalue weighted by atomic mass is 32.2. The average Bonchev–Trinajstić information content (AvgIpc) is 3.44. The van der Waals surface area contributed by atoms with E-state index in [9.17, 15) is 13.6 Å². The molecule has 5 heterocycles. The van der Waals surface area contributed by atoms with Gasteiger partial charge in [0.25, 0.3) is 0 Å². The van der Waals surface area contributed by atoms with E-state index in [4.69, 9.17) is 24.2 Å². The zero-order valence-corrected chi connectivity index (χ0v) is 27.5. The Kier molecular flexibility index (Phi) is 9.31. The van der Waals surface area contributed by atoms with Gasteiger partial charge in [0.2, 0.25) is 15.9 Å². The molecule has 250 valence electrons. The van der Waals surface area contributed by atoms with Gasteiger partial charge in [-0.05, 0) is 43.9 Å². The summed E-state index contributed by atoms with van der Waals surface area (Å²) in [6.07, 6.45) is 9.03. The van der Waals surface area contributed by atoms with Crippen molar-refractivity contribution in [2.75, 3.05) is 54.2 Å². The minimum atomic E-state index is -3.77. The maximum atomic E-state index is 13.1. The Balaban J connectivity index is 1.29. The van der Waals surface area contributed by atoms with Gasteiger partial charge in [-0.3, -0.25) is 14.0 Å². The van der Waals surface area contributed by atoms with Crippen LogP contribution >= 0.6 is 0 Å². The van der Waals surface area contributed by atoms with Gasteiger partial charge in [-0.25, -0.2) is 18.0 Å². The summed E-state index contributed by atoms with van der Waals surface area (Å²) in [6, 6.07) is 7.57. The molecule has 16 heteroatoms. The second-order valence-corrected chi connectivity index (χ2v) is 13.6. The van der Waals surface area contributed by atoms with Crippen LogP contribution in [0.25, 0.3) is 10.9 Å². The molecular formula is C31H39N9O6S. The van der Waals surface area contributed by atoms with Crippen LogP contribution in [-0.2, 0) is 28.4 Å². The minimum absolute atomic E-state index is 0.0599. The third-order valence-electron chi connectivity index (χ3n) is 8.51. The maximum Gasteiger partial charge on any atom is 0.398 e. The zero-order valence-electron chi connectivity index (χ0n) is 26.7. The molecule has 0 unspecified atom stereocenters. The summed E-state index contributed by atoms with van der Waals surface area (Å²) >= 11 is 0. The van der Waals surface area contributed by atoms with E-state index in [2.05, 4.69) is 26.9 Å². The summed E-state index contributed by atoms with van der Waals surface area (Å²) in [6.45, 7) is 5.83. The standard InChI is InChI=1S/C31H39N9O6S/c1-37-23(19-34-31(37)38(2)41)20-40(47(4,42)43)22-16-25-26(33-18-22)17-28(39-12-14-45-15-13-39)36-30(25)46-24-9-7-21(8-10-24)35-29-27(44-3)6-5-11-32-29/h5-6,11,16-19,21,24H,2,7-10,12-15,20H2,1,3-4H3,(H,32,35). The molecule has 0 spiro atoms. The molecule has 0 aromatic carbocycles. The number of hydrogen-bond donors (Lipinski definition) is 1. The van der Waals surface area contributed by atoms with E-state index in [-0.39, 0.29) is 24.6 Å². The number of nitrogens with zero attached hydrogens (tertiary/aromatic N) is 8. The van der Waals surface area contributed by atoms with Crippen LogP contribution in [-0.4, -0.2) is 96.2 Å². The number of rotatable bonds is 11. The molecule has 0 bridgehead atoms. The minimum Gasteiger partial charge on any atom is -0.741 e. The smallest absolute Gasteiger partial charge is 0.398 e. The number of sulfonamides is 1. The number of hydrogen-bond acceptors (Lipinski definition) is 12. The number of ether oxygens (including phenoxy) is 3. The van der Waals surface area contributed by atoms with E-state index in [0.29, 0.717) is 65.0 Å². The fourth-order valence-corrected chi connectivity index (χ4v) is 6.80. The van der Waals surface area contributed by atoms with Gasteiger partial charge >= 0.3 is 5.95 Å². The van der Waals surface area contributed by atoms with Crippen molar-refractivity contribution in [1.29, 1.82) is 0 Å². The van der Waals surface area contributed by atoms with Crippen LogP contribution in [0.1, 0.15) is 31.4 Å². The topological polar surface area (TPSA) is 163 Å². The normalized spacial score (nSPS) is 18.6. The van der Waals surface area contributed by atoms with E-state index >= 15 is 0 Å². The SMILES string of the molecule is C=[N+]([O-])c1ncc(CN(c2cnc3cc(N4CCOCC4)nc(OC4CCC(Nc5ncccc5OC)CC4)c3c2)S(C)(=O)=O)n1C. The van der Waals surface area contributed by atoms with Gasteiger partial charge in [0.15, 0.2) is 11.6 Å². The van der Waals surface area contributed by atoms with E-state index in [1.165, 1.54) is 21.3 Å². The van der Waals surface area contributed by atoms with Crippen LogP contribution in [0.4, 0.5) is 23.3 Å². The lowest BCUT2D eigenvalue weighted by Crippen LogP contribution is -2.37. The molecule has 1 saturated carbocycles. The van der Waals surface area contributed by atoms with E-state index in [1.807, 2.05) is 18.2 Å². The summed E-state index contributed by atoms with van der Waals surface area (Å²) < 4.78 is 46.9. The summed E-state index contributed by atoms with van der Waals surface area (Å²) in [7, 11) is -0.513. The molecule has 2 fully saturated rings. The first-order valence-electron chi connectivity index (χ1n) is 15.4. The summed E-state index contributed by atoms with van der Waals surface area (Å²) in [5, 5.41) is 15.9. The molecule has 1 saturated heterocycles. The summed E-state index contributed by atoms with van der Waals surface area (Å²) in [4.78, 5) is 20.3. The van der Waals surface area contributed by atoms with Crippen LogP contribution in [0.2, 0.25) is 0 Å². The monoisotopic (exact) mass is 665 g/mol. The van der Waals surface area contributed by atoms with Gasteiger partial charge < -0.3 is 29.6 Å². The fraction of sp³-hybridized carbons (Fsp3) is 0.452. The number of anilines is 3. The molecule has 4 aromatic rings. The molecule has 15 nitrogen and oxygen atoms in total. The molecule has 0 atom stereocenters. The molecule has 47 heavy (non-hydrogen) atoms. The van der Waals surface area contributed by atoms with E-state index in [1.54, 1.807) is 26.4 Å². The second-order valence-electron chi connectivity index (χ2n) is 11.7. The van der Waals surface area contributed by atoms with Gasteiger partial charge in [0.1, 0.15) is 23.8 Å². The lowest BCUT2D eigenvalue weighted by Gasteiger charge is -2.31. The number of methoxy groups -OCH3 is 1. The van der Waals surface area contributed by atoms with Gasteiger partial charge in [-0.1, -0.05) is 4.98 Å². The van der Waals surface area contributed by atoms with Crippen molar-refractivity contribution in [3.05, 3.63) is 53.8 Å². The average molecular weight is 666 g/mol. The molecular weight excluding hydrogens is 626 g/mol. The van der Waals surface area contributed by atoms with Crippen molar-refractivity contribution in [1.82, 2.24) is 24.5 Å². The van der Waals surface area contributed by atoms with Gasteiger partial charge in [-0.15, -0.1) is 0 Å². The Labute approximate surface area is 273 Å². The first kappa shape index (κ1) is 32.2. The largest absolute Gasteiger partial charge is 0.741 e. The number of morpholine rings is 1. The molecule has 2 aliphatic rings. The quantitative estimate of drug-likeness (QED) is 0.108. The first-order chi connectivity index (χ1) is 22.6. The highest BCUT2D eigenvalue weighted by Crippen LogP contribution is 2.35. The number of aromatic nitrogens is 5. The van der Waals surface area contributed by atoms with Crippen molar-refractivity contribution >= 4 is 50.9 Å². The Morgan fingerprint density at radius 2 is 1.91 bits per heavy atom. The fourth-order valence-electron chi connectivity index (χ4n) is 5.95. The van der Waals surface area contributed by atoms with Crippen molar-refractivity contribution in [3.8, 4) is 11.6 Å². The predicted octanol–water partition coefficient (Wildman–Crippen LogP) is 3.21. The lowest BCUT2D eigenvalue weighted by atomic mass is 9.93. The van der Waals surface area contributed by atoms with Gasteiger partial charge in [-0.2, -0.15) is 4.98 Å². The third-order valence-corrected chi connectivity index (χ3v) is 9.65. The Morgan fingerprint density at radius 1 is 1.15 bits per heavy atom. The lowest BCUT2D eigenvalue weighted by molar-refractivity contribution is -0.362. The first-order valence-corrected chi connectivity index (χ1v) is 17.3. The number of imidazole rings is 1. The molecule has 6 rings (SSSR count). The maximum absolute atomic E-state index is 13.1. The molecule has 1 N–H and O–H groups in total. The number of pyridine rings is 3. The predicted molar refractivity (Wildman–Crippen MR) is 178 cm³/mol. The molecule has 4 aromatic heterocycles. The highest BCUT2D eigenvalue weighted by Gasteiger charge is 2.28. The van der Waals surface area contributed by atoms with Crippen LogP contribution in [0.15, 0.2) is 42.9 Å². The Hall–Kier alpha value is -4.70. The van der Waals surface area contributed by atoms with Crippen LogP contribution in [0.3, 0.4) is 0 Å². The molecule has 1 aliphatic heterocycles. The molecule has 1 aliphatic carbocycles. The Morgan fingerprint density at radius 3 is 2.60 bits per heavy atom. The van der Waals surface area contributed by atoms with Gasteiger partial charge in [0.05, 0.1) is 63.0 Å². The van der Waals surface area contributed by atoms with Crippen molar-refractivity contribution < 1.29 is 27.4 Å². The van der Waals surface area contributed by atoms with Crippen LogP contribution < -0.4 is 24.0 Å². The summed E-state index contributed by atoms with van der Waals surface area (Å²) in [5.41, 5.74) is 1.47. The van der Waals surface area contributed by atoms with Gasteiger partial charge in [0, 0.05) is 38.1 Å². The van der Waals surface area contributed by atoms with Crippen LogP contribution in [0, 0.1) is 5.21 Å². The second kappa shape index (κ2) is 13.6. The van der Waals surface area contributed by atoms with Crippen molar-refractivity contribution in [2.24, 2.45) is 7.05 Å². The van der Waals surface area contributed by atoms with Crippen LogP contribution in [0.5, 0.6) is 11.6 Å². The Bertz CT molecular complexity index is 1850. The van der Waals surface area contributed by atoms with E-state index in [0.717, 1.165) is 43.6 Å². The number of fused-ring (bicyclic) bond motifs is 1. The molecule has 0 amide bonds. The zero-order chi connectivity index (χ0) is 33.1. The van der Waals surface area contributed by atoms with Crippen molar-refractivity contribution in [3.63, 3.8) is 0 Å². The van der Waals surface area contributed by atoms with Crippen molar-refractivity contribution in [2.45, 2.75) is 44.4 Å². The third kappa shape index (κ3) is 7.17. The highest BCUT2D eigenvalue weighted by molar-refractivity contribution is 7.92.